The van der Waals surface area contributed by atoms with Gasteiger partial charge in [0.15, 0.2) is 0 Å². The summed E-state index contributed by atoms with van der Waals surface area (Å²) in [5.74, 6) is 0.277. The van der Waals surface area contributed by atoms with E-state index in [-0.39, 0.29) is 18.1 Å². The number of aliphatic hydroxyl groups excluding tert-OH is 1. The second-order valence-corrected chi connectivity index (χ2v) is 6.62. The fourth-order valence-corrected chi connectivity index (χ4v) is 3.07. The molecule has 1 aliphatic rings. The lowest BCUT2D eigenvalue weighted by Gasteiger charge is -2.28. The highest BCUT2D eigenvalue weighted by Crippen LogP contribution is 2.17. The Morgan fingerprint density at radius 3 is 2.74 bits per heavy atom. The first kappa shape index (κ1) is 17.8. The molecule has 3 N–H and O–H groups in total. The highest BCUT2D eigenvalue weighted by Gasteiger charge is 2.15. The molecule has 2 unspecified atom stereocenters. The summed E-state index contributed by atoms with van der Waals surface area (Å²) < 4.78 is 0. The van der Waals surface area contributed by atoms with Crippen LogP contribution in [-0.4, -0.2) is 48.3 Å². The molecule has 0 fully saturated rings. The first-order chi connectivity index (χ1) is 11.0. The van der Waals surface area contributed by atoms with Gasteiger partial charge < -0.3 is 15.7 Å². The molecular formula is C18H29N3O2. The molecule has 0 spiro atoms. The number of urea groups is 1. The zero-order valence-electron chi connectivity index (χ0n) is 14.2. The van der Waals surface area contributed by atoms with E-state index < -0.39 is 0 Å². The fourth-order valence-electron chi connectivity index (χ4n) is 3.07. The summed E-state index contributed by atoms with van der Waals surface area (Å²) in [6, 6.07) is 8.44. The molecule has 0 bridgehead atoms. The van der Waals surface area contributed by atoms with Gasteiger partial charge in [0.1, 0.15) is 0 Å². The summed E-state index contributed by atoms with van der Waals surface area (Å²) in [6.45, 7) is 7.92. The summed E-state index contributed by atoms with van der Waals surface area (Å²) in [6.07, 6.45) is 1.46. The third kappa shape index (κ3) is 6.20. The highest BCUT2D eigenvalue weighted by molar-refractivity contribution is 5.73. The maximum Gasteiger partial charge on any atom is 0.314 e. The van der Waals surface area contributed by atoms with Crippen molar-refractivity contribution in [3.05, 3.63) is 35.4 Å². The minimum Gasteiger partial charge on any atom is -0.393 e. The van der Waals surface area contributed by atoms with E-state index in [1.165, 1.54) is 11.1 Å². The molecule has 128 valence electrons. The molecule has 0 aliphatic carbocycles. The van der Waals surface area contributed by atoms with E-state index in [2.05, 4.69) is 39.8 Å². The molecule has 0 saturated carbocycles. The van der Waals surface area contributed by atoms with Crippen LogP contribution in [0.4, 0.5) is 4.79 Å². The van der Waals surface area contributed by atoms with Crippen molar-refractivity contribution in [3.8, 4) is 0 Å². The zero-order chi connectivity index (χ0) is 16.7. The van der Waals surface area contributed by atoms with Crippen LogP contribution in [0.25, 0.3) is 0 Å². The van der Waals surface area contributed by atoms with Gasteiger partial charge in [0, 0.05) is 32.7 Å². The molecule has 23 heavy (non-hydrogen) atoms. The second kappa shape index (κ2) is 8.89. The van der Waals surface area contributed by atoms with Gasteiger partial charge in [-0.2, -0.15) is 0 Å². The smallest absolute Gasteiger partial charge is 0.314 e. The molecule has 0 saturated heterocycles. The molecule has 1 heterocycles. The summed E-state index contributed by atoms with van der Waals surface area (Å²) in [5, 5.41) is 15.1. The number of rotatable bonds is 7. The minimum absolute atomic E-state index is 0.125. The minimum atomic E-state index is -0.322. The Morgan fingerprint density at radius 2 is 2.00 bits per heavy atom. The first-order valence-electron chi connectivity index (χ1n) is 8.53. The van der Waals surface area contributed by atoms with E-state index in [0.717, 1.165) is 26.1 Å². The van der Waals surface area contributed by atoms with Gasteiger partial charge in [0.2, 0.25) is 0 Å². The number of hydrogen-bond acceptors (Lipinski definition) is 3. The fraction of sp³-hybridized carbons (Fsp3) is 0.611. The van der Waals surface area contributed by atoms with Crippen LogP contribution < -0.4 is 10.6 Å². The van der Waals surface area contributed by atoms with E-state index in [0.29, 0.717) is 19.5 Å². The molecule has 1 aromatic carbocycles. The average molecular weight is 319 g/mol. The van der Waals surface area contributed by atoms with E-state index in [1.807, 2.05) is 6.92 Å². The van der Waals surface area contributed by atoms with Crippen molar-refractivity contribution in [2.75, 3.05) is 26.2 Å². The lowest BCUT2D eigenvalue weighted by Crippen LogP contribution is -2.42. The first-order valence-corrected chi connectivity index (χ1v) is 8.53. The number of hydrogen-bond donors (Lipinski definition) is 3. The van der Waals surface area contributed by atoms with Crippen molar-refractivity contribution in [1.82, 2.24) is 15.5 Å². The van der Waals surface area contributed by atoms with E-state index in [1.54, 1.807) is 6.92 Å². The second-order valence-electron chi connectivity index (χ2n) is 6.62. The Kier molecular flexibility index (Phi) is 6.86. The van der Waals surface area contributed by atoms with Crippen LogP contribution in [0.5, 0.6) is 0 Å². The van der Waals surface area contributed by atoms with Crippen LogP contribution in [0, 0.1) is 5.92 Å². The molecular weight excluding hydrogens is 290 g/mol. The van der Waals surface area contributed by atoms with Gasteiger partial charge in [-0.05, 0) is 36.8 Å². The predicted molar refractivity (Wildman–Crippen MR) is 92.3 cm³/mol. The number of nitrogens with zero attached hydrogens (tertiary/aromatic N) is 1. The van der Waals surface area contributed by atoms with Crippen molar-refractivity contribution in [3.63, 3.8) is 0 Å². The van der Waals surface area contributed by atoms with Gasteiger partial charge in [0.05, 0.1) is 6.10 Å². The quantitative estimate of drug-likeness (QED) is 0.717. The van der Waals surface area contributed by atoms with E-state index >= 15 is 0 Å². The van der Waals surface area contributed by atoms with Gasteiger partial charge >= 0.3 is 6.03 Å². The molecule has 5 nitrogen and oxygen atoms in total. The Hall–Kier alpha value is -1.59. The molecule has 5 heteroatoms. The zero-order valence-corrected chi connectivity index (χ0v) is 14.2. The maximum absolute atomic E-state index is 11.8. The number of carbonyl (C=O) groups excluding carboxylic acids is 1. The number of amides is 2. The summed E-state index contributed by atoms with van der Waals surface area (Å²) in [5.41, 5.74) is 2.84. The van der Waals surface area contributed by atoms with E-state index in [9.17, 15) is 9.90 Å². The summed E-state index contributed by atoms with van der Waals surface area (Å²) in [4.78, 5) is 14.1. The SMILES string of the molecule is CC(O)CC(C)CNC(=O)NCCN1CCc2ccccc2C1. The van der Waals surface area contributed by atoms with Crippen LogP contribution in [0.1, 0.15) is 31.4 Å². The molecule has 2 rings (SSSR count). The van der Waals surface area contributed by atoms with Gasteiger partial charge in [-0.25, -0.2) is 4.79 Å². The standard InChI is InChI=1S/C18H29N3O2/c1-14(11-15(2)22)12-20-18(23)19-8-10-21-9-7-16-5-3-4-6-17(16)13-21/h3-6,14-15,22H,7-13H2,1-2H3,(H2,19,20,23). The molecule has 1 aromatic rings. The van der Waals surface area contributed by atoms with Gasteiger partial charge in [-0.3, -0.25) is 4.90 Å². The number of aliphatic hydroxyl groups is 1. The third-order valence-corrected chi connectivity index (χ3v) is 4.28. The Labute approximate surface area is 139 Å². The molecule has 2 amide bonds. The molecule has 2 atom stereocenters. The lowest BCUT2D eigenvalue weighted by atomic mass is 10.00. The molecule has 0 radical (unpaired) electrons. The van der Waals surface area contributed by atoms with Gasteiger partial charge in [-0.1, -0.05) is 31.2 Å². The van der Waals surface area contributed by atoms with Gasteiger partial charge in [0.25, 0.3) is 0 Å². The number of benzene rings is 1. The van der Waals surface area contributed by atoms with Crippen molar-refractivity contribution in [2.24, 2.45) is 5.92 Å². The average Bonchev–Trinajstić information content (AvgIpc) is 2.52. The Morgan fingerprint density at radius 1 is 1.26 bits per heavy atom. The van der Waals surface area contributed by atoms with Crippen molar-refractivity contribution in [1.29, 1.82) is 0 Å². The lowest BCUT2D eigenvalue weighted by molar-refractivity contribution is 0.163. The van der Waals surface area contributed by atoms with Crippen LogP contribution in [0.2, 0.25) is 0 Å². The highest BCUT2D eigenvalue weighted by atomic mass is 16.3. The summed E-state index contributed by atoms with van der Waals surface area (Å²) >= 11 is 0. The molecule has 1 aliphatic heterocycles. The van der Waals surface area contributed by atoms with Gasteiger partial charge in [-0.15, -0.1) is 0 Å². The van der Waals surface area contributed by atoms with Crippen molar-refractivity contribution in [2.45, 2.75) is 39.3 Å². The van der Waals surface area contributed by atoms with Crippen LogP contribution in [0.15, 0.2) is 24.3 Å². The normalized spacial score (nSPS) is 17.2. The van der Waals surface area contributed by atoms with Crippen LogP contribution >= 0.6 is 0 Å². The van der Waals surface area contributed by atoms with Crippen LogP contribution in [-0.2, 0) is 13.0 Å². The van der Waals surface area contributed by atoms with Crippen molar-refractivity contribution >= 4 is 6.03 Å². The number of nitrogens with one attached hydrogen (secondary N) is 2. The summed E-state index contributed by atoms with van der Waals surface area (Å²) in [7, 11) is 0. The topological polar surface area (TPSA) is 64.6 Å². The van der Waals surface area contributed by atoms with E-state index in [4.69, 9.17) is 0 Å². The maximum atomic E-state index is 11.8. The Balaban J connectivity index is 1.61. The number of fused-ring (bicyclic) bond motifs is 1. The van der Waals surface area contributed by atoms with Crippen molar-refractivity contribution < 1.29 is 9.90 Å². The number of carbonyl (C=O) groups is 1. The monoisotopic (exact) mass is 319 g/mol. The largest absolute Gasteiger partial charge is 0.393 e. The predicted octanol–water partition coefficient (Wildman–Crippen LogP) is 1.75. The Bertz CT molecular complexity index is 505. The third-order valence-electron chi connectivity index (χ3n) is 4.28. The van der Waals surface area contributed by atoms with Crippen LogP contribution in [0.3, 0.4) is 0 Å². The molecule has 0 aromatic heterocycles.